The Hall–Kier alpha value is -6.38. The van der Waals surface area contributed by atoms with Crippen LogP contribution in [-0.2, 0) is 5.41 Å². The van der Waals surface area contributed by atoms with Gasteiger partial charge in [0.25, 0.3) is 0 Å². The molecule has 49 heavy (non-hydrogen) atoms. The minimum absolute atomic E-state index is 0.487. The molecule has 9 aromatic rings. The molecule has 230 valence electrons. The van der Waals surface area contributed by atoms with Crippen molar-refractivity contribution in [2.45, 2.75) is 5.41 Å². The van der Waals surface area contributed by atoms with E-state index in [1.54, 1.807) is 0 Å². The van der Waals surface area contributed by atoms with Gasteiger partial charge in [-0.3, -0.25) is 0 Å². The van der Waals surface area contributed by atoms with E-state index in [0.717, 1.165) is 39.0 Å². The molecule has 1 aromatic heterocycles. The molecule has 8 aromatic carbocycles. The Morgan fingerprint density at radius 2 is 0.980 bits per heavy atom. The van der Waals surface area contributed by atoms with E-state index in [1.807, 2.05) is 12.1 Å². The summed E-state index contributed by atoms with van der Waals surface area (Å²) in [6.07, 6.45) is 0. The molecule has 2 heteroatoms. The van der Waals surface area contributed by atoms with Gasteiger partial charge < -0.3 is 9.32 Å². The third kappa shape index (κ3) is 4.07. The highest BCUT2D eigenvalue weighted by Crippen LogP contribution is 2.57. The predicted octanol–water partition coefficient (Wildman–Crippen LogP) is 12.6. The summed E-state index contributed by atoms with van der Waals surface area (Å²) < 4.78 is 6.27. The number of hydrogen-bond acceptors (Lipinski definition) is 2. The molecule has 0 N–H and O–H groups in total. The smallest absolute Gasteiger partial charge is 0.135 e. The molecule has 1 aliphatic rings. The van der Waals surface area contributed by atoms with Crippen LogP contribution >= 0.6 is 0 Å². The van der Waals surface area contributed by atoms with Crippen molar-refractivity contribution in [2.24, 2.45) is 0 Å². The van der Waals surface area contributed by atoms with E-state index in [1.165, 1.54) is 44.2 Å². The molecule has 10 rings (SSSR count). The van der Waals surface area contributed by atoms with Crippen LogP contribution in [0.5, 0.6) is 0 Å². The van der Waals surface area contributed by atoms with Gasteiger partial charge in [0, 0.05) is 27.5 Å². The van der Waals surface area contributed by atoms with E-state index in [0.29, 0.717) is 0 Å². The van der Waals surface area contributed by atoms with Crippen molar-refractivity contribution in [1.29, 1.82) is 0 Å². The zero-order valence-corrected chi connectivity index (χ0v) is 26.8. The standard InChI is InChI=1S/C47H31NO/c1-3-16-33(17-4-1)47(34-18-5-2-6-19-34)42-23-11-9-21-38(42)39-28-26-36(31-43(39)47)48(44-24-13-15-32-14-7-8-20-37(32)44)35-27-29-46-41(30-35)40-22-10-12-25-45(40)49-46/h1-31H. The molecule has 1 heterocycles. The van der Waals surface area contributed by atoms with Crippen molar-refractivity contribution in [3.8, 4) is 11.1 Å². The van der Waals surface area contributed by atoms with Gasteiger partial charge in [-0.15, -0.1) is 0 Å². The van der Waals surface area contributed by atoms with Crippen LogP contribution in [-0.4, -0.2) is 0 Å². The SMILES string of the molecule is c1ccc(C2(c3ccccc3)c3ccccc3-c3ccc(N(c4ccc5oc6ccccc6c5c4)c4cccc5ccccc45)cc32)cc1. The highest BCUT2D eigenvalue weighted by molar-refractivity contribution is 6.07. The summed E-state index contributed by atoms with van der Waals surface area (Å²) in [4.78, 5) is 2.42. The van der Waals surface area contributed by atoms with Gasteiger partial charge >= 0.3 is 0 Å². The van der Waals surface area contributed by atoms with Crippen molar-refractivity contribution in [1.82, 2.24) is 0 Å². The van der Waals surface area contributed by atoms with Gasteiger partial charge in [-0.05, 0) is 81.2 Å². The number of para-hydroxylation sites is 1. The summed E-state index contributed by atoms with van der Waals surface area (Å²) in [7, 11) is 0. The lowest BCUT2D eigenvalue weighted by molar-refractivity contribution is 0.669. The fourth-order valence-electron chi connectivity index (χ4n) is 8.26. The molecule has 0 atom stereocenters. The van der Waals surface area contributed by atoms with Crippen molar-refractivity contribution in [3.63, 3.8) is 0 Å². The lowest BCUT2D eigenvalue weighted by atomic mass is 9.67. The molecule has 0 amide bonds. The maximum Gasteiger partial charge on any atom is 0.135 e. The number of hydrogen-bond donors (Lipinski definition) is 0. The lowest BCUT2D eigenvalue weighted by Crippen LogP contribution is -2.28. The second-order valence-corrected chi connectivity index (χ2v) is 12.9. The second-order valence-electron chi connectivity index (χ2n) is 12.9. The Labute approximate surface area is 285 Å². The molecule has 0 saturated heterocycles. The molecule has 0 aliphatic heterocycles. The molecule has 2 nitrogen and oxygen atoms in total. The molecular formula is C47H31NO. The number of nitrogens with zero attached hydrogens (tertiary/aromatic N) is 1. The van der Waals surface area contributed by atoms with Crippen LogP contribution < -0.4 is 4.90 Å². The monoisotopic (exact) mass is 625 g/mol. The highest BCUT2D eigenvalue weighted by Gasteiger charge is 2.46. The van der Waals surface area contributed by atoms with Gasteiger partial charge in [0.2, 0.25) is 0 Å². The Balaban J connectivity index is 1.29. The van der Waals surface area contributed by atoms with E-state index < -0.39 is 5.41 Å². The van der Waals surface area contributed by atoms with Crippen LogP contribution in [0.25, 0.3) is 43.8 Å². The molecule has 1 aliphatic carbocycles. The van der Waals surface area contributed by atoms with Crippen molar-refractivity contribution < 1.29 is 4.42 Å². The van der Waals surface area contributed by atoms with Crippen LogP contribution in [0.3, 0.4) is 0 Å². The van der Waals surface area contributed by atoms with E-state index in [4.69, 9.17) is 4.42 Å². The minimum Gasteiger partial charge on any atom is -0.456 e. The number of furan rings is 1. The average Bonchev–Trinajstić information content (AvgIpc) is 3.69. The Kier molecular flexibility index (Phi) is 6.13. The van der Waals surface area contributed by atoms with Gasteiger partial charge in [0.05, 0.1) is 11.1 Å². The van der Waals surface area contributed by atoms with E-state index in [-0.39, 0.29) is 0 Å². The van der Waals surface area contributed by atoms with Crippen molar-refractivity contribution >= 4 is 49.8 Å². The van der Waals surface area contributed by atoms with Crippen molar-refractivity contribution in [3.05, 3.63) is 210 Å². The summed E-state index contributed by atoms with van der Waals surface area (Å²) in [6.45, 7) is 0. The molecule has 0 unspecified atom stereocenters. The molecule has 0 spiro atoms. The van der Waals surface area contributed by atoms with Gasteiger partial charge in [-0.1, -0.05) is 146 Å². The predicted molar refractivity (Wildman–Crippen MR) is 203 cm³/mol. The van der Waals surface area contributed by atoms with Crippen LogP contribution in [0.4, 0.5) is 17.1 Å². The molecule has 0 bridgehead atoms. The Morgan fingerprint density at radius 3 is 1.80 bits per heavy atom. The van der Waals surface area contributed by atoms with Gasteiger partial charge in [-0.25, -0.2) is 0 Å². The number of anilines is 3. The number of rotatable bonds is 5. The molecule has 0 saturated carbocycles. The summed E-state index contributed by atoms with van der Waals surface area (Å²) in [5.74, 6) is 0. The lowest BCUT2D eigenvalue weighted by Gasteiger charge is -2.35. The quantitative estimate of drug-likeness (QED) is 0.189. The van der Waals surface area contributed by atoms with Gasteiger partial charge in [-0.2, -0.15) is 0 Å². The third-order valence-corrected chi connectivity index (χ3v) is 10.3. The summed E-state index contributed by atoms with van der Waals surface area (Å²) in [6, 6.07) is 68.2. The van der Waals surface area contributed by atoms with Crippen molar-refractivity contribution in [2.75, 3.05) is 4.90 Å². The first-order chi connectivity index (χ1) is 24.3. The molecular weight excluding hydrogens is 595 g/mol. The van der Waals surface area contributed by atoms with Gasteiger partial charge in [0.1, 0.15) is 11.2 Å². The fraction of sp³-hybridized carbons (Fsp3) is 0.0213. The first kappa shape index (κ1) is 27.7. The first-order valence-electron chi connectivity index (χ1n) is 16.9. The minimum atomic E-state index is -0.487. The highest BCUT2D eigenvalue weighted by atomic mass is 16.3. The largest absolute Gasteiger partial charge is 0.456 e. The number of fused-ring (bicyclic) bond motifs is 7. The first-order valence-corrected chi connectivity index (χ1v) is 16.9. The van der Waals surface area contributed by atoms with E-state index in [9.17, 15) is 0 Å². The zero-order valence-electron chi connectivity index (χ0n) is 26.8. The van der Waals surface area contributed by atoms with Crippen LogP contribution in [0.2, 0.25) is 0 Å². The van der Waals surface area contributed by atoms with Crippen LogP contribution in [0.1, 0.15) is 22.3 Å². The summed E-state index contributed by atoms with van der Waals surface area (Å²) in [5.41, 5.74) is 12.3. The molecule has 0 radical (unpaired) electrons. The Bertz CT molecular complexity index is 2630. The normalized spacial score (nSPS) is 13.1. The van der Waals surface area contributed by atoms with E-state index in [2.05, 4.69) is 181 Å². The summed E-state index contributed by atoms with van der Waals surface area (Å²) in [5, 5.41) is 4.63. The molecule has 0 fully saturated rings. The topological polar surface area (TPSA) is 16.4 Å². The zero-order chi connectivity index (χ0) is 32.4. The summed E-state index contributed by atoms with van der Waals surface area (Å²) >= 11 is 0. The maximum absolute atomic E-state index is 6.27. The fourth-order valence-corrected chi connectivity index (χ4v) is 8.26. The number of benzene rings is 8. The Morgan fingerprint density at radius 1 is 0.388 bits per heavy atom. The second kappa shape index (κ2) is 10.8. The van der Waals surface area contributed by atoms with E-state index >= 15 is 0 Å². The van der Waals surface area contributed by atoms with Gasteiger partial charge in [0.15, 0.2) is 0 Å². The maximum atomic E-state index is 6.27. The third-order valence-electron chi connectivity index (χ3n) is 10.3. The average molecular weight is 626 g/mol. The van der Waals surface area contributed by atoms with Crippen LogP contribution in [0.15, 0.2) is 192 Å². The van der Waals surface area contributed by atoms with Crippen LogP contribution in [0, 0.1) is 0 Å².